The molecule has 0 atom stereocenters. The summed E-state index contributed by atoms with van der Waals surface area (Å²) in [5.74, 6) is 2.72. The molecule has 0 spiro atoms. The molecule has 0 aromatic carbocycles. The van der Waals surface area contributed by atoms with Crippen molar-refractivity contribution in [2.24, 2.45) is 0 Å². The zero-order chi connectivity index (χ0) is 14.1. The molecule has 108 valence electrons. The zero-order valence-corrected chi connectivity index (χ0v) is 12.3. The molecule has 0 bridgehead atoms. The van der Waals surface area contributed by atoms with E-state index in [4.69, 9.17) is 5.11 Å². The van der Waals surface area contributed by atoms with Crippen LogP contribution in [0.2, 0.25) is 0 Å². The first-order chi connectivity index (χ1) is 9.24. The van der Waals surface area contributed by atoms with E-state index >= 15 is 0 Å². The van der Waals surface area contributed by atoms with Gasteiger partial charge in [0, 0.05) is 38.7 Å². The Hall–Kier alpha value is -1.36. The molecular weight excluding hydrogens is 240 g/mol. The van der Waals surface area contributed by atoms with Crippen LogP contribution in [0.15, 0.2) is 6.07 Å². The van der Waals surface area contributed by atoms with Gasteiger partial charge >= 0.3 is 0 Å². The quantitative estimate of drug-likeness (QED) is 0.716. The van der Waals surface area contributed by atoms with Gasteiger partial charge in [-0.2, -0.15) is 0 Å². The molecule has 1 rings (SSSR count). The Bertz CT molecular complexity index is 346. The number of nitrogens with zero attached hydrogens (tertiary/aromatic N) is 3. The number of aliphatic hydroxyl groups excluding tert-OH is 1. The number of aliphatic hydroxyl groups is 1. The Kier molecular flexibility index (Phi) is 7.18. The molecule has 19 heavy (non-hydrogen) atoms. The van der Waals surface area contributed by atoms with Gasteiger partial charge in [-0.25, -0.2) is 9.97 Å². The van der Waals surface area contributed by atoms with Gasteiger partial charge < -0.3 is 15.3 Å². The highest BCUT2D eigenvalue weighted by Gasteiger charge is 2.09. The van der Waals surface area contributed by atoms with Crippen LogP contribution in [-0.4, -0.2) is 41.3 Å². The van der Waals surface area contributed by atoms with E-state index < -0.39 is 0 Å². The summed E-state index contributed by atoms with van der Waals surface area (Å²) in [6, 6.07) is 1.99. The molecule has 0 aliphatic carbocycles. The lowest BCUT2D eigenvalue weighted by molar-refractivity contribution is 0.289. The minimum atomic E-state index is 0.212. The van der Waals surface area contributed by atoms with Crippen molar-refractivity contribution in [3.05, 3.63) is 11.9 Å². The van der Waals surface area contributed by atoms with Gasteiger partial charge in [0.1, 0.15) is 17.5 Å². The van der Waals surface area contributed by atoms with Crippen LogP contribution >= 0.6 is 0 Å². The first-order valence-electron chi connectivity index (χ1n) is 7.22. The lowest BCUT2D eigenvalue weighted by atomic mass is 10.3. The first kappa shape index (κ1) is 15.7. The second kappa shape index (κ2) is 8.69. The highest BCUT2D eigenvalue weighted by molar-refractivity contribution is 5.49. The molecule has 1 aromatic heterocycles. The SMILES string of the molecule is CCCc1nc(NCC)cc(N(CC)CCCO)n1. The fourth-order valence-electron chi connectivity index (χ4n) is 1.95. The van der Waals surface area contributed by atoms with Gasteiger partial charge in [0.15, 0.2) is 0 Å². The van der Waals surface area contributed by atoms with Crippen LogP contribution in [0.4, 0.5) is 11.6 Å². The third kappa shape index (κ3) is 5.03. The van der Waals surface area contributed by atoms with Gasteiger partial charge in [-0.1, -0.05) is 6.92 Å². The van der Waals surface area contributed by atoms with Crippen LogP contribution in [0.3, 0.4) is 0 Å². The average Bonchev–Trinajstić information content (AvgIpc) is 2.40. The molecule has 0 radical (unpaired) electrons. The molecule has 2 N–H and O–H groups in total. The smallest absolute Gasteiger partial charge is 0.134 e. The van der Waals surface area contributed by atoms with Crippen LogP contribution in [-0.2, 0) is 6.42 Å². The molecule has 0 aliphatic rings. The van der Waals surface area contributed by atoms with Gasteiger partial charge in [-0.15, -0.1) is 0 Å². The maximum atomic E-state index is 8.96. The third-order valence-electron chi connectivity index (χ3n) is 2.88. The number of anilines is 2. The second-order valence-corrected chi connectivity index (χ2v) is 4.46. The van der Waals surface area contributed by atoms with E-state index in [2.05, 4.69) is 41.0 Å². The number of aromatic nitrogens is 2. The molecule has 0 saturated carbocycles. The number of hydrogen-bond acceptors (Lipinski definition) is 5. The lowest BCUT2D eigenvalue weighted by Crippen LogP contribution is -2.26. The Morgan fingerprint density at radius 2 is 2.05 bits per heavy atom. The van der Waals surface area contributed by atoms with Crippen molar-refractivity contribution in [3.8, 4) is 0 Å². The van der Waals surface area contributed by atoms with Crippen LogP contribution in [0.1, 0.15) is 39.4 Å². The van der Waals surface area contributed by atoms with Crippen molar-refractivity contribution >= 4 is 11.6 Å². The lowest BCUT2D eigenvalue weighted by Gasteiger charge is -2.22. The van der Waals surface area contributed by atoms with E-state index in [0.717, 1.165) is 56.4 Å². The average molecular weight is 266 g/mol. The van der Waals surface area contributed by atoms with Crippen molar-refractivity contribution in [2.75, 3.05) is 36.5 Å². The van der Waals surface area contributed by atoms with E-state index in [0.29, 0.717) is 0 Å². The standard InChI is InChI=1S/C14H26N4O/c1-4-8-12-16-13(15-5-2)11-14(17-12)18(6-3)9-7-10-19/h11,19H,4-10H2,1-3H3,(H,15,16,17). The van der Waals surface area contributed by atoms with Crippen LogP contribution < -0.4 is 10.2 Å². The Morgan fingerprint density at radius 3 is 2.63 bits per heavy atom. The summed E-state index contributed by atoms with van der Waals surface area (Å²) in [5, 5.41) is 12.2. The minimum Gasteiger partial charge on any atom is -0.396 e. The summed E-state index contributed by atoms with van der Waals surface area (Å²) >= 11 is 0. The van der Waals surface area contributed by atoms with E-state index in [9.17, 15) is 0 Å². The van der Waals surface area contributed by atoms with E-state index in [1.807, 2.05) is 6.07 Å². The zero-order valence-electron chi connectivity index (χ0n) is 12.3. The van der Waals surface area contributed by atoms with Crippen LogP contribution in [0, 0.1) is 0 Å². The predicted molar refractivity (Wildman–Crippen MR) is 79.8 cm³/mol. The normalized spacial score (nSPS) is 10.5. The molecule has 0 amide bonds. The van der Waals surface area contributed by atoms with Crippen LogP contribution in [0.25, 0.3) is 0 Å². The molecule has 1 heterocycles. The van der Waals surface area contributed by atoms with Crippen LogP contribution in [0.5, 0.6) is 0 Å². The number of aryl methyl sites for hydroxylation is 1. The van der Waals surface area contributed by atoms with Gasteiger partial charge in [0.05, 0.1) is 0 Å². The highest BCUT2D eigenvalue weighted by Crippen LogP contribution is 2.17. The first-order valence-corrected chi connectivity index (χ1v) is 7.22. The highest BCUT2D eigenvalue weighted by atomic mass is 16.3. The summed E-state index contributed by atoms with van der Waals surface area (Å²) < 4.78 is 0. The summed E-state index contributed by atoms with van der Waals surface area (Å²) in [7, 11) is 0. The van der Waals surface area contributed by atoms with Crippen molar-refractivity contribution in [3.63, 3.8) is 0 Å². The van der Waals surface area contributed by atoms with Gasteiger partial charge in [0.25, 0.3) is 0 Å². The van der Waals surface area contributed by atoms with E-state index in [1.165, 1.54) is 0 Å². The van der Waals surface area contributed by atoms with Gasteiger partial charge in [-0.3, -0.25) is 0 Å². The number of rotatable bonds is 9. The summed E-state index contributed by atoms with van der Waals surface area (Å²) in [4.78, 5) is 11.3. The molecule has 1 aromatic rings. The van der Waals surface area contributed by atoms with Gasteiger partial charge in [0.2, 0.25) is 0 Å². The molecule has 0 aliphatic heterocycles. The van der Waals surface area contributed by atoms with Crippen molar-refractivity contribution < 1.29 is 5.11 Å². The molecule has 5 heteroatoms. The number of hydrogen-bond donors (Lipinski definition) is 2. The van der Waals surface area contributed by atoms with Crippen molar-refractivity contribution in [2.45, 2.75) is 40.0 Å². The molecule has 5 nitrogen and oxygen atoms in total. The summed E-state index contributed by atoms with van der Waals surface area (Å²) in [6.07, 6.45) is 2.69. The number of nitrogens with one attached hydrogen (secondary N) is 1. The minimum absolute atomic E-state index is 0.212. The van der Waals surface area contributed by atoms with E-state index in [1.54, 1.807) is 0 Å². The molecule has 0 unspecified atom stereocenters. The fourth-order valence-corrected chi connectivity index (χ4v) is 1.95. The molecule has 0 saturated heterocycles. The molecular formula is C14H26N4O. The van der Waals surface area contributed by atoms with Gasteiger partial charge in [-0.05, 0) is 26.7 Å². The second-order valence-electron chi connectivity index (χ2n) is 4.46. The fraction of sp³-hybridized carbons (Fsp3) is 0.714. The molecule has 0 fully saturated rings. The van der Waals surface area contributed by atoms with Crippen molar-refractivity contribution in [1.29, 1.82) is 0 Å². The summed E-state index contributed by atoms with van der Waals surface area (Å²) in [5.41, 5.74) is 0. The Labute approximate surface area is 116 Å². The maximum absolute atomic E-state index is 8.96. The van der Waals surface area contributed by atoms with Crippen molar-refractivity contribution in [1.82, 2.24) is 9.97 Å². The Morgan fingerprint density at radius 1 is 1.26 bits per heavy atom. The van der Waals surface area contributed by atoms with E-state index in [-0.39, 0.29) is 6.61 Å². The monoisotopic (exact) mass is 266 g/mol. The summed E-state index contributed by atoms with van der Waals surface area (Å²) in [6.45, 7) is 9.06. The maximum Gasteiger partial charge on any atom is 0.134 e. The third-order valence-corrected chi connectivity index (χ3v) is 2.88. The predicted octanol–water partition coefficient (Wildman–Crippen LogP) is 2.07. The topological polar surface area (TPSA) is 61.3 Å². The largest absolute Gasteiger partial charge is 0.396 e. The Balaban J connectivity index is 2.94.